The van der Waals surface area contributed by atoms with Gasteiger partial charge in [-0.3, -0.25) is 0 Å². The van der Waals surface area contributed by atoms with Crippen LogP contribution in [0.1, 0.15) is 5.01 Å². The molecule has 1 heterocycles. The molecule has 0 spiro atoms. The minimum absolute atomic E-state index is 0.297. The summed E-state index contributed by atoms with van der Waals surface area (Å²) in [6.45, 7) is 0. The van der Waals surface area contributed by atoms with Gasteiger partial charge in [0.25, 0.3) is 6.43 Å². The van der Waals surface area contributed by atoms with Crippen molar-refractivity contribution in [3.05, 3.63) is 16.6 Å². The molecule has 0 radical (unpaired) electrons. The molecular weight excluding hydrogens is 182 g/mol. The Balaban J connectivity index is 2.48. The number of hydrogen-bond donors (Lipinski definition) is 1. The Morgan fingerprint density at radius 3 is 2.83 bits per heavy atom. The van der Waals surface area contributed by atoms with Crippen molar-refractivity contribution >= 4 is 11.3 Å². The van der Waals surface area contributed by atoms with Crippen LogP contribution in [0.25, 0.3) is 0 Å². The number of rotatable bonds is 4. The average Bonchev–Trinajstić information content (AvgIpc) is 2.51. The summed E-state index contributed by atoms with van der Waals surface area (Å²) in [6.07, 6.45) is -0.414. The predicted octanol–water partition coefficient (Wildman–Crippen LogP) is 1.54. The van der Waals surface area contributed by atoms with Crippen LogP contribution in [-0.2, 0) is 6.42 Å². The van der Waals surface area contributed by atoms with Crippen LogP contribution >= 0.6 is 11.3 Å². The van der Waals surface area contributed by atoms with Crippen molar-refractivity contribution in [2.45, 2.75) is 18.9 Å². The van der Waals surface area contributed by atoms with E-state index >= 15 is 0 Å². The Morgan fingerprint density at radius 2 is 2.42 bits per heavy atom. The van der Waals surface area contributed by atoms with E-state index in [4.69, 9.17) is 0 Å². The van der Waals surface area contributed by atoms with Crippen molar-refractivity contribution in [3.8, 4) is 0 Å². The number of halogens is 2. The van der Waals surface area contributed by atoms with Gasteiger partial charge >= 0.3 is 0 Å². The van der Waals surface area contributed by atoms with E-state index in [9.17, 15) is 8.78 Å². The van der Waals surface area contributed by atoms with E-state index in [0.717, 1.165) is 5.01 Å². The fraction of sp³-hybridized carbons (Fsp3) is 0.571. The molecule has 68 valence electrons. The number of aromatic nitrogens is 1. The summed E-state index contributed by atoms with van der Waals surface area (Å²) < 4.78 is 24.4. The fourth-order valence-corrected chi connectivity index (χ4v) is 1.54. The predicted molar refractivity (Wildman–Crippen MR) is 44.7 cm³/mol. The standard InChI is InChI=1S/C7H10F2N2S/c1-10-5(7(8)9)4-6-11-2-3-12-6/h2-3,5,7,10H,4H2,1H3. The third kappa shape index (κ3) is 2.49. The third-order valence-corrected chi connectivity index (χ3v) is 2.35. The number of alkyl halides is 2. The summed E-state index contributed by atoms with van der Waals surface area (Å²) in [5, 5.41) is 5.09. The zero-order valence-electron chi connectivity index (χ0n) is 6.63. The lowest BCUT2D eigenvalue weighted by atomic mass is 10.2. The van der Waals surface area contributed by atoms with E-state index in [2.05, 4.69) is 10.3 Å². The lowest BCUT2D eigenvalue weighted by molar-refractivity contribution is 0.102. The Hall–Kier alpha value is -0.550. The highest BCUT2D eigenvalue weighted by Gasteiger charge is 2.19. The Morgan fingerprint density at radius 1 is 1.67 bits per heavy atom. The minimum atomic E-state index is -2.33. The molecule has 0 saturated carbocycles. The van der Waals surface area contributed by atoms with E-state index in [-0.39, 0.29) is 0 Å². The largest absolute Gasteiger partial charge is 0.312 e. The van der Waals surface area contributed by atoms with Crippen LogP contribution in [0.4, 0.5) is 8.78 Å². The molecule has 1 unspecified atom stereocenters. The molecule has 1 atom stereocenters. The normalized spacial score (nSPS) is 13.7. The van der Waals surface area contributed by atoms with E-state index in [0.29, 0.717) is 6.42 Å². The molecule has 12 heavy (non-hydrogen) atoms. The molecule has 0 aliphatic rings. The molecule has 1 aromatic heterocycles. The van der Waals surface area contributed by atoms with Crippen molar-refractivity contribution < 1.29 is 8.78 Å². The van der Waals surface area contributed by atoms with Crippen LogP contribution in [-0.4, -0.2) is 24.5 Å². The maximum absolute atomic E-state index is 12.2. The maximum atomic E-state index is 12.2. The van der Waals surface area contributed by atoms with E-state index < -0.39 is 12.5 Å². The molecule has 0 bridgehead atoms. The van der Waals surface area contributed by atoms with Crippen LogP contribution < -0.4 is 5.32 Å². The second-order valence-electron chi connectivity index (χ2n) is 2.36. The summed E-state index contributed by atoms with van der Waals surface area (Å²) in [6, 6.07) is -0.781. The van der Waals surface area contributed by atoms with E-state index in [1.807, 2.05) is 0 Å². The summed E-state index contributed by atoms with van der Waals surface area (Å²) in [5.41, 5.74) is 0. The van der Waals surface area contributed by atoms with Gasteiger partial charge in [0.2, 0.25) is 0 Å². The summed E-state index contributed by atoms with van der Waals surface area (Å²) in [5.74, 6) is 0. The first-order valence-corrected chi connectivity index (χ1v) is 4.45. The lowest BCUT2D eigenvalue weighted by Gasteiger charge is -2.12. The van der Waals surface area contributed by atoms with Gasteiger partial charge in [0.05, 0.1) is 11.0 Å². The first-order valence-electron chi connectivity index (χ1n) is 3.58. The van der Waals surface area contributed by atoms with Crippen molar-refractivity contribution in [1.29, 1.82) is 0 Å². The number of nitrogens with one attached hydrogen (secondary N) is 1. The summed E-state index contributed by atoms with van der Waals surface area (Å²) in [4.78, 5) is 3.93. The Labute approximate surface area is 73.6 Å². The lowest BCUT2D eigenvalue weighted by Crippen LogP contribution is -2.34. The minimum Gasteiger partial charge on any atom is -0.312 e. The van der Waals surface area contributed by atoms with Crippen LogP contribution in [0.3, 0.4) is 0 Å². The molecule has 0 fully saturated rings. The van der Waals surface area contributed by atoms with E-state index in [1.165, 1.54) is 18.4 Å². The van der Waals surface area contributed by atoms with Crippen molar-refractivity contribution in [2.24, 2.45) is 0 Å². The quantitative estimate of drug-likeness (QED) is 0.782. The smallest absolute Gasteiger partial charge is 0.254 e. The molecule has 0 aliphatic heterocycles. The molecule has 0 aliphatic carbocycles. The monoisotopic (exact) mass is 192 g/mol. The van der Waals surface area contributed by atoms with Gasteiger partial charge in [0, 0.05) is 18.0 Å². The van der Waals surface area contributed by atoms with Crippen LogP contribution in [0, 0.1) is 0 Å². The first kappa shape index (κ1) is 9.54. The molecule has 0 aromatic carbocycles. The number of hydrogen-bond acceptors (Lipinski definition) is 3. The molecule has 1 N–H and O–H groups in total. The highest BCUT2D eigenvalue weighted by atomic mass is 32.1. The zero-order chi connectivity index (χ0) is 8.97. The first-order chi connectivity index (χ1) is 5.74. The number of nitrogens with zero attached hydrogens (tertiary/aromatic N) is 1. The molecule has 0 amide bonds. The van der Waals surface area contributed by atoms with Gasteiger partial charge in [-0.2, -0.15) is 0 Å². The van der Waals surface area contributed by atoms with Crippen molar-refractivity contribution in [1.82, 2.24) is 10.3 Å². The average molecular weight is 192 g/mol. The number of thiazole rings is 1. The third-order valence-electron chi connectivity index (χ3n) is 1.55. The Kier molecular flexibility index (Phi) is 3.55. The topological polar surface area (TPSA) is 24.9 Å². The van der Waals surface area contributed by atoms with Crippen molar-refractivity contribution in [2.75, 3.05) is 7.05 Å². The molecule has 2 nitrogen and oxygen atoms in total. The summed E-state index contributed by atoms with van der Waals surface area (Å²) in [7, 11) is 1.53. The molecule has 5 heteroatoms. The fourth-order valence-electron chi connectivity index (χ4n) is 0.859. The molecule has 1 aromatic rings. The van der Waals surface area contributed by atoms with Crippen LogP contribution in [0.5, 0.6) is 0 Å². The van der Waals surface area contributed by atoms with Gasteiger partial charge in [0.1, 0.15) is 0 Å². The number of likely N-dealkylation sites (N-methyl/N-ethyl adjacent to an activating group) is 1. The van der Waals surface area contributed by atoms with Gasteiger partial charge in [-0.15, -0.1) is 11.3 Å². The van der Waals surface area contributed by atoms with E-state index in [1.54, 1.807) is 11.6 Å². The van der Waals surface area contributed by atoms with Gasteiger partial charge in [0.15, 0.2) is 0 Å². The molecule has 1 rings (SSSR count). The van der Waals surface area contributed by atoms with Gasteiger partial charge in [-0.1, -0.05) is 0 Å². The van der Waals surface area contributed by atoms with Gasteiger partial charge in [-0.25, -0.2) is 13.8 Å². The zero-order valence-corrected chi connectivity index (χ0v) is 7.44. The maximum Gasteiger partial charge on any atom is 0.254 e. The highest BCUT2D eigenvalue weighted by molar-refractivity contribution is 7.09. The second kappa shape index (κ2) is 4.47. The highest BCUT2D eigenvalue weighted by Crippen LogP contribution is 2.11. The molecular formula is C7H10F2N2S. The van der Waals surface area contributed by atoms with Crippen molar-refractivity contribution in [3.63, 3.8) is 0 Å². The molecule has 0 saturated heterocycles. The Bertz CT molecular complexity index is 213. The SMILES string of the molecule is CNC(Cc1nccs1)C(F)F. The van der Waals surface area contributed by atoms with Gasteiger partial charge in [-0.05, 0) is 7.05 Å². The van der Waals surface area contributed by atoms with Crippen LogP contribution in [0.2, 0.25) is 0 Å². The second-order valence-corrected chi connectivity index (χ2v) is 3.34. The summed E-state index contributed by atoms with van der Waals surface area (Å²) >= 11 is 1.40. The van der Waals surface area contributed by atoms with Crippen LogP contribution in [0.15, 0.2) is 11.6 Å². The van der Waals surface area contributed by atoms with Gasteiger partial charge < -0.3 is 5.32 Å².